The molecule has 0 N–H and O–H groups in total. The second-order valence-electron chi connectivity index (χ2n) is 6.78. The lowest BCUT2D eigenvalue weighted by Crippen LogP contribution is -2.32. The van der Waals surface area contributed by atoms with Crippen LogP contribution in [-0.4, -0.2) is 32.3 Å². The highest BCUT2D eigenvalue weighted by Gasteiger charge is 2.32. The number of rotatable bonds is 5. The van der Waals surface area contributed by atoms with Crippen molar-refractivity contribution in [2.24, 2.45) is 0 Å². The fourth-order valence-electron chi connectivity index (χ4n) is 3.51. The van der Waals surface area contributed by atoms with Crippen LogP contribution in [0, 0.1) is 6.92 Å². The number of likely N-dealkylation sites (tertiary alicyclic amines) is 1. The molecule has 1 amide bonds. The molecule has 6 heteroatoms. The summed E-state index contributed by atoms with van der Waals surface area (Å²) in [6.07, 6.45) is 5.80. The van der Waals surface area contributed by atoms with E-state index in [4.69, 9.17) is 4.42 Å². The SMILES string of the molecule is Cc1ccoc1CC(=O)N1CCCC1c1cn(Cc2ccccc2)nn1. The number of hydrogen-bond acceptors (Lipinski definition) is 4. The number of carbonyl (C=O) groups is 1. The molecule has 1 atom stereocenters. The minimum Gasteiger partial charge on any atom is -0.469 e. The summed E-state index contributed by atoms with van der Waals surface area (Å²) < 4.78 is 7.26. The molecule has 0 aliphatic carbocycles. The summed E-state index contributed by atoms with van der Waals surface area (Å²) in [5, 5.41) is 8.59. The van der Waals surface area contributed by atoms with E-state index in [-0.39, 0.29) is 11.9 Å². The zero-order valence-electron chi connectivity index (χ0n) is 14.8. The van der Waals surface area contributed by atoms with E-state index in [2.05, 4.69) is 22.4 Å². The van der Waals surface area contributed by atoms with E-state index in [1.807, 2.05) is 47.0 Å². The fourth-order valence-corrected chi connectivity index (χ4v) is 3.51. The molecule has 3 aromatic rings. The van der Waals surface area contributed by atoms with E-state index in [1.54, 1.807) is 6.26 Å². The average Bonchev–Trinajstić information content (AvgIpc) is 3.37. The monoisotopic (exact) mass is 350 g/mol. The molecular formula is C20H22N4O2. The zero-order valence-corrected chi connectivity index (χ0v) is 14.8. The third kappa shape index (κ3) is 3.40. The molecule has 0 spiro atoms. The Kier molecular flexibility index (Phi) is 4.56. The van der Waals surface area contributed by atoms with Gasteiger partial charge in [0.15, 0.2) is 0 Å². The number of amides is 1. The summed E-state index contributed by atoms with van der Waals surface area (Å²) in [7, 11) is 0. The predicted octanol–water partition coefficient (Wildman–Crippen LogP) is 3.13. The van der Waals surface area contributed by atoms with Crippen molar-refractivity contribution in [1.29, 1.82) is 0 Å². The second kappa shape index (κ2) is 7.15. The Morgan fingerprint density at radius 3 is 2.88 bits per heavy atom. The molecule has 6 nitrogen and oxygen atoms in total. The molecule has 1 saturated heterocycles. The van der Waals surface area contributed by atoms with Gasteiger partial charge in [-0.15, -0.1) is 5.10 Å². The van der Waals surface area contributed by atoms with Crippen LogP contribution in [0.15, 0.2) is 53.3 Å². The summed E-state index contributed by atoms with van der Waals surface area (Å²) in [5.74, 6) is 0.830. The van der Waals surface area contributed by atoms with Crippen LogP contribution in [0.5, 0.6) is 0 Å². The van der Waals surface area contributed by atoms with E-state index < -0.39 is 0 Å². The van der Waals surface area contributed by atoms with Crippen LogP contribution in [0.3, 0.4) is 0 Å². The maximum absolute atomic E-state index is 12.8. The Morgan fingerprint density at radius 1 is 1.27 bits per heavy atom. The Labute approximate surface area is 152 Å². The second-order valence-corrected chi connectivity index (χ2v) is 6.78. The van der Waals surface area contributed by atoms with Gasteiger partial charge >= 0.3 is 0 Å². The van der Waals surface area contributed by atoms with Crippen molar-refractivity contribution in [3.05, 3.63) is 71.4 Å². The Morgan fingerprint density at radius 2 is 2.12 bits per heavy atom. The van der Waals surface area contributed by atoms with Crippen LogP contribution in [0.2, 0.25) is 0 Å². The van der Waals surface area contributed by atoms with E-state index in [1.165, 1.54) is 5.56 Å². The fraction of sp³-hybridized carbons (Fsp3) is 0.350. The number of aryl methyl sites for hydroxylation is 1. The molecule has 134 valence electrons. The van der Waals surface area contributed by atoms with Gasteiger partial charge in [-0.25, -0.2) is 4.68 Å². The lowest BCUT2D eigenvalue weighted by Gasteiger charge is -2.22. The van der Waals surface area contributed by atoms with Gasteiger partial charge in [-0.05, 0) is 37.0 Å². The van der Waals surface area contributed by atoms with Crippen LogP contribution < -0.4 is 0 Å². The molecule has 3 heterocycles. The number of furan rings is 1. The van der Waals surface area contributed by atoms with Crippen LogP contribution >= 0.6 is 0 Å². The van der Waals surface area contributed by atoms with E-state index in [9.17, 15) is 4.79 Å². The molecule has 26 heavy (non-hydrogen) atoms. The molecule has 4 rings (SSSR count). The van der Waals surface area contributed by atoms with Crippen molar-refractivity contribution >= 4 is 5.91 Å². The summed E-state index contributed by atoms with van der Waals surface area (Å²) >= 11 is 0. The van der Waals surface area contributed by atoms with E-state index >= 15 is 0 Å². The smallest absolute Gasteiger partial charge is 0.230 e. The number of aromatic nitrogens is 3. The first-order chi connectivity index (χ1) is 12.7. The molecule has 2 aromatic heterocycles. The topological polar surface area (TPSA) is 64.2 Å². The highest BCUT2D eigenvalue weighted by Crippen LogP contribution is 2.31. The quantitative estimate of drug-likeness (QED) is 0.709. The number of hydrogen-bond donors (Lipinski definition) is 0. The summed E-state index contributed by atoms with van der Waals surface area (Å²) in [6, 6.07) is 12.1. The maximum Gasteiger partial charge on any atom is 0.230 e. The van der Waals surface area contributed by atoms with Crippen molar-refractivity contribution < 1.29 is 9.21 Å². The first-order valence-corrected chi connectivity index (χ1v) is 8.97. The normalized spacial score (nSPS) is 17.0. The minimum absolute atomic E-state index is 0.00212. The van der Waals surface area contributed by atoms with Gasteiger partial charge in [-0.1, -0.05) is 35.5 Å². The van der Waals surface area contributed by atoms with Gasteiger partial charge in [0.25, 0.3) is 0 Å². The first kappa shape index (κ1) is 16.6. The molecule has 1 aromatic carbocycles. The van der Waals surface area contributed by atoms with E-state index in [0.717, 1.165) is 36.4 Å². The van der Waals surface area contributed by atoms with Crippen molar-refractivity contribution in [3.8, 4) is 0 Å². The van der Waals surface area contributed by atoms with Gasteiger partial charge < -0.3 is 9.32 Å². The Hall–Kier alpha value is -2.89. The van der Waals surface area contributed by atoms with Crippen molar-refractivity contribution in [1.82, 2.24) is 19.9 Å². The van der Waals surface area contributed by atoms with Gasteiger partial charge in [0.05, 0.1) is 31.5 Å². The lowest BCUT2D eigenvalue weighted by molar-refractivity contribution is -0.131. The largest absolute Gasteiger partial charge is 0.469 e. The highest BCUT2D eigenvalue weighted by molar-refractivity contribution is 5.79. The predicted molar refractivity (Wildman–Crippen MR) is 96.4 cm³/mol. The van der Waals surface area contributed by atoms with Gasteiger partial charge in [0.1, 0.15) is 11.5 Å². The summed E-state index contributed by atoms with van der Waals surface area (Å²) in [5.41, 5.74) is 3.06. The van der Waals surface area contributed by atoms with Gasteiger partial charge in [-0.3, -0.25) is 4.79 Å². The number of benzene rings is 1. The molecule has 0 bridgehead atoms. The van der Waals surface area contributed by atoms with Crippen molar-refractivity contribution in [2.75, 3.05) is 6.54 Å². The first-order valence-electron chi connectivity index (χ1n) is 8.97. The Balaban J connectivity index is 1.46. The molecular weight excluding hydrogens is 328 g/mol. The average molecular weight is 350 g/mol. The molecule has 0 radical (unpaired) electrons. The van der Waals surface area contributed by atoms with Crippen LogP contribution in [0.1, 0.15) is 41.5 Å². The van der Waals surface area contributed by atoms with E-state index in [0.29, 0.717) is 13.0 Å². The third-order valence-corrected chi connectivity index (χ3v) is 4.94. The highest BCUT2D eigenvalue weighted by atomic mass is 16.3. The number of carbonyl (C=O) groups excluding carboxylic acids is 1. The van der Waals surface area contributed by atoms with Crippen LogP contribution in [0.25, 0.3) is 0 Å². The lowest BCUT2D eigenvalue weighted by atomic mass is 10.1. The Bertz CT molecular complexity index is 884. The van der Waals surface area contributed by atoms with Crippen LogP contribution in [0.4, 0.5) is 0 Å². The summed E-state index contributed by atoms with van der Waals surface area (Å²) in [6.45, 7) is 3.40. The van der Waals surface area contributed by atoms with Gasteiger partial charge in [0, 0.05) is 6.54 Å². The number of nitrogens with zero attached hydrogens (tertiary/aromatic N) is 4. The maximum atomic E-state index is 12.8. The van der Waals surface area contributed by atoms with Gasteiger partial charge in [-0.2, -0.15) is 0 Å². The molecule has 1 unspecified atom stereocenters. The molecule has 1 aliphatic heterocycles. The molecule has 1 fully saturated rings. The van der Waals surface area contributed by atoms with Crippen molar-refractivity contribution in [2.45, 2.75) is 38.8 Å². The standard InChI is InChI=1S/C20H22N4O2/c1-15-9-11-26-19(15)12-20(25)24-10-5-8-18(24)17-14-23(22-21-17)13-16-6-3-2-4-7-16/h2-4,6-7,9,11,14,18H,5,8,10,12-13H2,1H3. The third-order valence-electron chi connectivity index (χ3n) is 4.94. The molecule has 0 saturated carbocycles. The molecule has 1 aliphatic rings. The van der Waals surface area contributed by atoms with Crippen LogP contribution in [-0.2, 0) is 17.8 Å². The summed E-state index contributed by atoms with van der Waals surface area (Å²) in [4.78, 5) is 14.7. The minimum atomic E-state index is 0.00212. The van der Waals surface area contributed by atoms with Crippen molar-refractivity contribution in [3.63, 3.8) is 0 Å². The van der Waals surface area contributed by atoms with Gasteiger partial charge in [0.2, 0.25) is 5.91 Å². The zero-order chi connectivity index (χ0) is 17.9.